The van der Waals surface area contributed by atoms with Crippen LogP contribution in [0.5, 0.6) is 11.6 Å². The molecule has 0 amide bonds. The van der Waals surface area contributed by atoms with Gasteiger partial charge < -0.3 is 20.0 Å². The lowest BCUT2D eigenvalue weighted by atomic mass is 10.1. The minimum atomic E-state index is -0.983. The van der Waals surface area contributed by atoms with Crippen LogP contribution >= 0.6 is 0 Å². The van der Waals surface area contributed by atoms with Crippen LogP contribution in [0.4, 0.5) is 20.4 Å². The van der Waals surface area contributed by atoms with Crippen molar-refractivity contribution in [2.24, 2.45) is 0 Å². The zero-order valence-electron chi connectivity index (χ0n) is 17.5. The number of hydrogen-bond donors (Lipinski definition) is 3. The number of nitrogens with one attached hydrogen (secondary N) is 3. The Morgan fingerprint density at radius 2 is 1.74 bits per heavy atom. The normalized spacial score (nSPS) is 11.2. The molecule has 6 rings (SSSR count). The van der Waals surface area contributed by atoms with E-state index in [4.69, 9.17) is 4.74 Å². The van der Waals surface area contributed by atoms with E-state index in [-0.39, 0.29) is 5.52 Å². The monoisotopic (exact) mass is 454 g/mol. The summed E-state index contributed by atoms with van der Waals surface area (Å²) in [5, 5.41) is 4.02. The van der Waals surface area contributed by atoms with Crippen molar-refractivity contribution >= 4 is 33.7 Å². The molecule has 0 aliphatic rings. The summed E-state index contributed by atoms with van der Waals surface area (Å²) in [6, 6.07) is 17.3. The van der Waals surface area contributed by atoms with E-state index in [1.165, 1.54) is 6.07 Å². The minimum Gasteiger partial charge on any atom is -0.438 e. The van der Waals surface area contributed by atoms with E-state index in [0.717, 1.165) is 28.2 Å². The van der Waals surface area contributed by atoms with Crippen LogP contribution in [0.2, 0.25) is 0 Å². The Labute approximate surface area is 191 Å². The molecule has 0 fully saturated rings. The summed E-state index contributed by atoms with van der Waals surface area (Å²) >= 11 is 0. The number of aromatic nitrogens is 5. The standard InChI is InChI=1S/C25H16F2N6O/c26-19-7-8-20-22(21(19)27)33-25(32-20)31-14-3-5-15(6-4-14)34-24-18(2-1-11-30-24)16-9-12-28-23-17(16)10-13-29-23/h1-13H,(H,28,29)(H2,31,32,33). The smallest absolute Gasteiger partial charge is 0.227 e. The highest BCUT2D eigenvalue weighted by Gasteiger charge is 2.14. The maximum absolute atomic E-state index is 13.9. The van der Waals surface area contributed by atoms with Gasteiger partial charge in [-0.3, -0.25) is 0 Å². The summed E-state index contributed by atoms with van der Waals surface area (Å²) in [6.45, 7) is 0. The highest BCUT2D eigenvalue weighted by molar-refractivity contribution is 5.94. The Morgan fingerprint density at radius 3 is 2.62 bits per heavy atom. The largest absolute Gasteiger partial charge is 0.438 e. The number of rotatable bonds is 5. The van der Waals surface area contributed by atoms with Gasteiger partial charge in [0.15, 0.2) is 11.6 Å². The van der Waals surface area contributed by atoms with Gasteiger partial charge >= 0.3 is 0 Å². The number of hydrogen-bond acceptors (Lipinski definition) is 5. The molecule has 6 aromatic rings. The molecule has 9 heteroatoms. The molecule has 2 aromatic carbocycles. The molecule has 0 aliphatic carbocycles. The Hall–Kier alpha value is -4.79. The van der Waals surface area contributed by atoms with Crippen LogP contribution < -0.4 is 10.1 Å². The number of anilines is 2. The molecule has 0 unspecified atom stereocenters. The topological polar surface area (TPSA) is 91.5 Å². The van der Waals surface area contributed by atoms with Crippen LogP contribution in [0.25, 0.3) is 33.2 Å². The van der Waals surface area contributed by atoms with Crippen LogP contribution in [-0.2, 0) is 0 Å². The van der Waals surface area contributed by atoms with E-state index in [2.05, 4.69) is 30.2 Å². The number of fused-ring (bicyclic) bond motifs is 2. The molecule has 0 radical (unpaired) electrons. The van der Waals surface area contributed by atoms with Gasteiger partial charge in [-0.1, -0.05) is 0 Å². The third-order valence-corrected chi connectivity index (χ3v) is 5.40. The Kier molecular flexibility index (Phi) is 4.65. The lowest BCUT2D eigenvalue weighted by Crippen LogP contribution is -1.94. The van der Waals surface area contributed by atoms with E-state index >= 15 is 0 Å². The maximum Gasteiger partial charge on any atom is 0.227 e. The quantitative estimate of drug-likeness (QED) is 0.284. The van der Waals surface area contributed by atoms with Crippen molar-refractivity contribution in [3.05, 3.63) is 90.9 Å². The molecule has 3 N–H and O–H groups in total. The first-order valence-corrected chi connectivity index (χ1v) is 10.4. The van der Waals surface area contributed by atoms with E-state index in [1.807, 2.05) is 30.5 Å². The lowest BCUT2D eigenvalue weighted by Gasteiger charge is -2.11. The molecular formula is C25H16F2N6O. The van der Waals surface area contributed by atoms with Crippen LogP contribution in [0, 0.1) is 11.6 Å². The second-order valence-corrected chi connectivity index (χ2v) is 7.55. The van der Waals surface area contributed by atoms with Crippen molar-refractivity contribution in [3.8, 4) is 22.8 Å². The van der Waals surface area contributed by atoms with E-state index in [1.54, 1.807) is 36.7 Å². The molecule has 0 atom stereocenters. The minimum absolute atomic E-state index is 0.0576. The van der Waals surface area contributed by atoms with Crippen molar-refractivity contribution in [2.45, 2.75) is 0 Å². The fourth-order valence-corrected chi connectivity index (χ4v) is 3.80. The first kappa shape index (κ1) is 19.9. The number of H-pyrrole nitrogens is 2. The van der Waals surface area contributed by atoms with Gasteiger partial charge in [0, 0.05) is 35.2 Å². The van der Waals surface area contributed by atoms with Crippen LogP contribution in [0.3, 0.4) is 0 Å². The third-order valence-electron chi connectivity index (χ3n) is 5.40. The lowest BCUT2D eigenvalue weighted by molar-refractivity contribution is 0.465. The zero-order valence-corrected chi connectivity index (χ0v) is 17.5. The number of aromatic amines is 2. The Morgan fingerprint density at radius 1 is 0.853 bits per heavy atom. The van der Waals surface area contributed by atoms with Gasteiger partial charge in [0.1, 0.15) is 16.9 Å². The van der Waals surface area contributed by atoms with Crippen molar-refractivity contribution in [3.63, 3.8) is 0 Å². The molecule has 166 valence electrons. The zero-order chi connectivity index (χ0) is 23.1. The first-order valence-electron chi connectivity index (χ1n) is 10.4. The molecule has 7 nitrogen and oxygen atoms in total. The molecule has 0 bridgehead atoms. The fraction of sp³-hybridized carbons (Fsp3) is 0. The van der Waals surface area contributed by atoms with Crippen molar-refractivity contribution in [1.82, 2.24) is 24.9 Å². The molecule has 0 spiro atoms. The molecule has 4 aromatic heterocycles. The van der Waals surface area contributed by atoms with Crippen molar-refractivity contribution in [2.75, 3.05) is 5.32 Å². The van der Waals surface area contributed by atoms with Gasteiger partial charge in [-0.15, -0.1) is 0 Å². The number of ether oxygens (including phenoxy) is 1. The van der Waals surface area contributed by atoms with Crippen molar-refractivity contribution in [1.29, 1.82) is 0 Å². The number of halogens is 2. The number of imidazole rings is 1. The van der Waals surface area contributed by atoms with E-state index < -0.39 is 11.6 Å². The molecule has 4 heterocycles. The number of benzene rings is 2. The second kappa shape index (κ2) is 7.96. The highest BCUT2D eigenvalue weighted by atomic mass is 19.2. The molecule has 34 heavy (non-hydrogen) atoms. The number of nitrogens with zero attached hydrogens (tertiary/aromatic N) is 3. The highest BCUT2D eigenvalue weighted by Crippen LogP contribution is 2.35. The van der Waals surface area contributed by atoms with Gasteiger partial charge in [0.25, 0.3) is 0 Å². The fourth-order valence-electron chi connectivity index (χ4n) is 3.80. The Balaban J connectivity index is 1.25. The second-order valence-electron chi connectivity index (χ2n) is 7.55. The average Bonchev–Trinajstić information content (AvgIpc) is 3.50. The Bertz CT molecular complexity index is 1640. The predicted molar refractivity (Wildman–Crippen MR) is 125 cm³/mol. The summed E-state index contributed by atoms with van der Waals surface area (Å²) < 4.78 is 33.4. The van der Waals surface area contributed by atoms with Gasteiger partial charge in [-0.2, -0.15) is 0 Å². The summed E-state index contributed by atoms with van der Waals surface area (Å²) in [4.78, 5) is 18.9. The summed E-state index contributed by atoms with van der Waals surface area (Å²) in [6.07, 6.45) is 5.26. The third kappa shape index (κ3) is 3.49. The van der Waals surface area contributed by atoms with Crippen LogP contribution in [-0.4, -0.2) is 24.9 Å². The van der Waals surface area contributed by atoms with Crippen LogP contribution in [0.15, 0.2) is 79.3 Å². The molecule has 0 aliphatic heterocycles. The summed E-state index contributed by atoms with van der Waals surface area (Å²) in [7, 11) is 0. The average molecular weight is 454 g/mol. The van der Waals surface area contributed by atoms with E-state index in [0.29, 0.717) is 28.8 Å². The van der Waals surface area contributed by atoms with Gasteiger partial charge in [0.05, 0.1) is 5.52 Å². The van der Waals surface area contributed by atoms with Gasteiger partial charge in [-0.25, -0.2) is 23.7 Å². The van der Waals surface area contributed by atoms with E-state index in [9.17, 15) is 8.78 Å². The SMILES string of the molecule is Fc1ccc2[nH]c(Nc3ccc(Oc4ncccc4-c4ccnc5[nH]ccc45)cc3)nc2c1F. The number of pyridine rings is 2. The molecule has 0 saturated heterocycles. The predicted octanol–water partition coefficient (Wildman–Crippen LogP) is 6.32. The van der Waals surface area contributed by atoms with Crippen molar-refractivity contribution < 1.29 is 13.5 Å². The summed E-state index contributed by atoms with van der Waals surface area (Å²) in [5.74, 6) is -0.574. The molecular weight excluding hydrogens is 438 g/mol. The first-order chi connectivity index (χ1) is 16.7. The summed E-state index contributed by atoms with van der Waals surface area (Å²) in [5.41, 5.74) is 3.62. The van der Waals surface area contributed by atoms with Gasteiger partial charge in [0.2, 0.25) is 11.8 Å². The molecule has 0 saturated carbocycles. The van der Waals surface area contributed by atoms with Crippen LogP contribution in [0.1, 0.15) is 0 Å². The van der Waals surface area contributed by atoms with Gasteiger partial charge in [-0.05, 0) is 66.2 Å². The maximum atomic E-state index is 13.9.